The van der Waals surface area contributed by atoms with Gasteiger partial charge in [0, 0.05) is 66.6 Å². The van der Waals surface area contributed by atoms with Crippen molar-refractivity contribution in [1.29, 1.82) is 0 Å². The van der Waals surface area contributed by atoms with E-state index in [1.807, 2.05) is 66.7 Å². The summed E-state index contributed by atoms with van der Waals surface area (Å²) in [7, 11) is 2.07. The quantitative estimate of drug-likeness (QED) is 0.162. The van der Waals surface area contributed by atoms with Gasteiger partial charge in [-0.2, -0.15) is 0 Å². The van der Waals surface area contributed by atoms with Gasteiger partial charge in [-0.1, -0.05) is 127 Å². The number of nitrogens with one attached hydrogen (secondary N) is 1. The molecule has 1 fully saturated rings. The number of benzene rings is 6. The van der Waals surface area contributed by atoms with E-state index in [-0.39, 0.29) is 24.4 Å². The van der Waals surface area contributed by atoms with Gasteiger partial charge < -0.3 is 19.7 Å². The average molecular weight is 722 g/mol. The summed E-state index contributed by atoms with van der Waals surface area (Å²) < 4.78 is 2.20. The van der Waals surface area contributed by atoms with E-state index in [1.165, 1.54) is 11.1 Å². The predicted molar refractivity (Wildman–Crippen MR) is 221 cm³/mol. The van der Waals surface area contributed by atoms with Crippen molar-refractivity contribution in [3.8, 4) is 11.3 Å². The third-order valence-electron chi connectivity index (χ3n) is 11.3. The van der Waals surface area contributed by atoms with Crippen molar-refractivity contribution in [3.05, 3.63) is 192 Å². The second-order valence-corrected chi connectivity index (χ2v) is 14.5. The van der Waals surface area contributed by atoms with E-state index < -0.39 is 6.04 Å². The lowest BCUT2D eigenvalue weighted by molar-refractivity contribution is -0.117. The minimum Gasteiger partial charge on any atom is -0.369 e. The van der Waals surface area contributed by atoms with Gasteiger partial charge in [0.15, 0.2) is 0 Å². The molecule has 2 aliphatic rings. The molecule has 0 saturated carbocycles. The highest BCUT2D eigenvalue weighted by atomic mass is 16.2. The van der Waals surface area contributed by atoms with Gasteiger partial charge in [-0.15, -0.1) is 0 Å². The van der Waals surface area contributed by atoms with E-state index in [1.54, 1.807) is 4.90 Å². The number of rotatable bonds is 9. The summed E-state index contributed by atoms with van der Waals surface area (Å²) in [6.07, 6.45) is 0. The zero-order chi connectivity index (χ0) is 37.3. The highest BCUT2D eigenvalue weighted by molar-refractivity contribution is 6.05. The maximum Gasteiger partial charge on any atom is 0.255 e. The number of para-hydroxylation sites is 1. The Balaban J connectivity index is 0.926. The van der Waals surface area contributed by atoms with Crippen LogP contribution in [0.5, 0.6) is 0 Å². The first-order chi connectivity index (χ1) is 27.0. The fourth-order valence-electron chi connectivity index (χ4n) is 8.72. The number of fused-ring (bicyclic) bond motifs is 2. The molecule has 55 heavy (non-hydrogen) atoms. The molecule has 1 aromatic heterocycles. The molecule has 2 aliphatic heterocycles. The third-order valence-corrected chi connectivity index (χ3v) is 11.3. The Labute approximate surface area is 322 Å². The van der Waals surface area contributed by atoms with Gasteiger partial charge in [0.25, 0.3) is 5.91 Å². The Bertz CT molecular complexity index is 2410. The van der Waals surface area contributed by atoms with Crippen LogP contribution in [0.4, 0.5) is 11.4 Å². The van der Waals surface area contributed by atoms with Crippen LogP contribution < -0.4 is 10.2 Å². The normalized spacial score (nSPS) is 15.8. The maximum absolute atomic E-state index is 14.1. The van der Waals surface area contributed by atoms with E-state index >= 15 is 0 Å². The zero-order valence-electron chi connectivity index (χ0n) is 30.9. The minimum absolute atomic E-state index is 0.0800. The molecular formula is C48H43N5O2. The van der Waals surface area contributed by atoms with Gasteiger partial charge in [0.1, 0.15) is 6.54 Å². The summed E-state index contributed by atoms with van der Waals surface area (Å²) in [6, 6.07) is 55.8. The molecule has 1 atom stereocenters. The molecule has 3 heterocycles. The Morgan fingerprint density at radius 3 is 1.93 bits per heavy atom. The van der Waals surface area contributed by atoms with Gasteiger partial charge >= 0.3 is 0 Å². The van der Waals surface area contributed by atoms with Gasteiger partial charge in [-0.05, 0) is 58.7 Å². The van der Waals surface area contributed by atoms with Crippen LogP contribution in [0.25, 0.3) is 22.2 Å². The van der Waals surface area contributed by atoms with Crippen LogP contribution in [0.1, 0.15) is 44.7 Å². The molecular weight excluding hydrogens is 679 g/mol. The molecule has 2 amide bonds. The minimum atomic E-state index is -0.430. The smallest absolute Gasteiger partial charge is 0.255 e. The Morgan fingerprint density at radius 1 is 0.673 bits per heavy atom. The molecule has 6 aromatic carbocycles. The van der Waals surface area contributed by atoms with Crippen LogP contribution in [0.3, 0.4) is 0 Å². The first-order valence-corrected chi connectivity index (χ1v) is 19.1. The number of carbonyl (C=O) groups is 2. The SMILES string of the molecule is Cn1c(-c2ccccc2)c(C2c3ccccc3C(=O)N2CC(=O)Nc2ccc(N3CCN(C(c4ccccc4)c4ccccc4)CC3)cc2)c2ccccc21. The molecule has 0 spiro atoms. The zero-order valence-corrected chi connectivity index (χ0v) is 30.9. The first-order valence-electron chi connectivity index (χ1n) is 19.1. The lowest BCUT2D eigenvalue weighted by Crippen LogP contribution is -2.48. The summed E-state index contributed by atoms with van der Waals surface area (Å²) >= 11 is 0. The molecule has 7 aromatic rings. The van der Waals surface area contributed by atoms with E-state index in [2.05, 4.69) is 124 Å². The predicted octanol–water partition coefficient (Wildman–Crippen LogP) is 8.94. The number of hydrogen-bond donors (Lipinski definition) is 1. The molecule has 1 N–H and O–H groups in total. The van der Waals surface area contributed by atoms with E-state index in [9.17, 15) is 9.59 Å². The van der Waals surface area contributed by atoms with Crippen LogP contribution in [-0.4, -0.2) is 58.9 Å². The molecule has 0 radical (unpaired) electrons. The number of amides is 2. The second-order valence-electron chi connectivity index (χ2n) is 14.5. The van der Waals surface area contributed by atoms with Crippen LogP contribution in [0.2, 0.25) is 0 Å². The fourth-order valence-corrected chi connectivity index (χ4v) is 8.72. The lowest BCUT2D eigenvalue weighted by Gasteiger charge is -2.40. The monoisotopic (exact) mass is 721 g/mol. The van der Waals surface area contributed by atoms with Crippen molar-refractivity contribution < 1.29 is 9.59 Å². The number of piperazine rings is 1. The Kier molecular flexibility index (Phi) is 9.22. The van der Waals surface area contributed by atoms with Crippen LogP contribution in [0.15, 0.2) is 164 Å². The van der Waals surface area contributed by atoms with Crippen molar-refractivity contribution in [3.63, 3.8) is 0 Å². The van der Waals surface area contributed by atoms with E-state index in [4.69, 9.17) is 0 Å². The van der Waals surface area contributed by atoms with Crippen molar-refractivity contribution in [2.24, 2.45) is 7.05 Å². The topological polar surface area (TPSA) is 60.8 Å². The maximum atomic E-state index is 14.1. The number of hydrogen-bond acceptors (Lipinski definition) is 4. The molecule has 1 unspecified atom stereocenters. The summed E-state index contributed by atoms with van der Waals surface area (Å²) in [5.41, 5.74) is 10.2. The standard InChI is InChI=1S/C48H43N5O2/c1-50-42-24-14-13-23-41(42)44(46(50)36-19-9-4-10-20-36)47-39-21-11-12-22-40(39)48(55)53(47)33-43(54)49-37-25-27-38(28-26-37)51-29-31-52(32-30-51)45(34-15-5-2-6-16-34)35-17-7-3-8-18-35/h2-28,45,47H,29-33H2,1H3,(H,49,54). The summed E-state index contributed by atoms with van der Waals surface area (Å²) in [5, 5.41) is 4.17. The Morgan fingerprint density at radius 2 is 1.25 bits per heavy atom. The number of anilines is 2. The summed E-state index contributed by atoms with van der Waals surface area (Å²) in [6.45, 7) is 3.59. The van der Waals surface area contributed by atoms with Gasteiger partial charge in [-0.25, -0.2) is 0 Å². The van der Waals surface area contributed by atoms with Crippen molar-refractivity contribution >= 4 is 34.1 Å². The van der Waals surface area contributed by atoms with Crippen molar-refractivity contribution in [2.75, 3.05) is 42.9 Å². The first kappa shape index (κ1) is 34.3. The molecule has 0 aliphatic carbocycles. The molecule has 1 saturated heterocycles. The molecule has 272 valence electrons. The summed E-state index contributed by atoms with van der Waals surface area (Å²) in [4.78, 5) is 34.7. The van der Waals surface area contributed by atoms with Crippen LogP contribution in [0, 0.1) is 0 Å². The number of nitrogens with zero attached hydrogens (tertiary/aromatic N) is 4. The van der Waals surface area contributed by atoms with Gasteiger partial charge in [-0.3, -0.25) is 14.5 Å². The van der Waals surface area contributed by atoms with E-state index in [0.29, 0.717) is 11.3 Å². The number of carbonyl (C=O) groups excluding carboxylic acids is 2. The molecule has 0 bridgehead atoms. The van der Waals surface area contributed by atoms with Crippen molar-refractivity contribution in [1.82, 2.24) is 14.4 Å². The molecule has 7 heteroatoms. The number of aromatic nitrogens is 1. The highest BCUT2D eigenvalue weighted by Gasteiger charge is 2.41. The van der Waals surface area contributed by atoms with E-state index in [0.717, 1.165) is 65.2 Å². The third kappa shape index (κ3) is 6.47. The second kappa shape index (κ2) is 14.8. The van der Waals surface area contributed by atoms with Gasteiger partial charge in [0.2, 0.25) is 5.91 Å². The molecule has 7 nitrogen and oxygen atoms in total. The fraction of sp³-hybridized carbons (Fsp3) is 0.167. The van der Waals surface area contributed by atoms with Crippen molar-refractivity contribution in [2.45, 2.75) is 12.1 Å². The average Bonchev–Trinajstić information content (AvgIpc) is 3.68. The highest BCUT2D eigenvalue weighted by Crippen LogP contribution is 2.46. The summed E-state index contributed by atoms with van der Waals surface area (Å²) in [5.74, 6) is -0.374. The Hall–Kier alpha value is -6.44. The molecule has 9 rings (SSSR count). The lowest BCUT2D eigenvalue weighted by atomic mass is 9.93. The van der Waals surface area contributed by atoms with Crippen LogP contribution >= 0.6 is 0 Å². The number of aryl methyl sites for hydroxylation is 1. The van der Waals surface area contributed by atoms with Crippen LogP contribution in [-0.2, 0) is 11.8 Å². The van der Waals surface area contributed by atoms with Gasteiger partial charge in [0.05, 0.1) is 17.8 Å². The largest absolute Gasteiger partial charge is 0.369 e.